The fraction of sp³-hybridized carbons (Fsp3) is 0.214. The molecule has 1 amide bonds. The van der Waals surface area contributed by atoms with Gasteiger partial charge in [0, 0.05) is 44.0 Å². The highest BCUT2D eigenvalue weighted by atomic mass is 32.1. The number of nitrogens with zero attached hydrogens (tertiary/aromatic N) is 5. The maximum atomic E-state index is 12.6. The lowest BCUT2D eigenvalue weighted by Gasteiger charge is -2.14. The van der Waals surface area contributed by atoms with E-state index < -0.39 is 0 Å². The van der Waals surface area contributed by atoms with Crippen LogP contribution in [0.15, 0.2) is 30.0 Å². The fourth-order valence-electron chi connectivity index (χ4n) is 2.44. The van der Waals surface area contributed by atoms with Gasteiger partial charge in [-0.3, -0.25) is 13.9 Å². The first kappa shape index (κ1) is 13.5. The largest absolute Gasteiger partial charge is 0.337 e. The molecular weight excluding hydrogens is 318 g/mol. The van der Waals surface area contributed by atoms with E-state index >= 15 is 0 Å². The lowest BCUT2D eigenvalue weighted by Crippen LogP contribution is -2.25. The van der Waals surface area contributed by atoms with E-state index in [0.29, 0.717) is 11.4 Å². The van der Waals surface area contributed by atoms with Gasteiger partial charge in [0.25, 0.3) is 5.91 Å². The molecule has 0 aliphatic carbocycles. The highest BCUT2D eigenvalue weighted by molar-refractivity contribution is 7.21. The van der Waals surface area contributed by atoms with Crippen LogP contribution >= 0.6 is 22.7 Å². The van der Waals surface area contributed by atoms with Gasteiger partial charge in [-0.1, -0.05) is 0 Å². The van der Waals surface area contributed by atoms with Crippen LogP contribution in [0.1, 0.15) is 15.2 Å². The van der Waals surface area contributed by atoms with E-state index in [1.807, 2.05) is 35.3 Å². The molecule has 0 atom stereocenters. The van der Waals surface area contributed by atoms with Gasteiger partial charge >= 0.3 is 0 Å². The molecule has 6 nitrogen and oxygen atoms in total. The zero-order valence-electron chi connectivity index (χ0n) is 12.1. The summed E-state index contributed by atoms with van der Waals surface area (Å²) in [6.45, 7) is 0.545. The highest BCUT2D eigenvalue weighted by Crippen LogP contribution is 2.29. The molecule has 0 spiro atoms. The van der Waals surface area contributed by atoms with Crippen molar-refractivity contribution in [3.63, 3.8) is 0 Å². The molecule has 0 aliphatic rings. The molecule has 4 heterocycles. The summed E-state index contributed by atoms with van der Waals surface area (Å²) < 4.78 is 3.76. The van der Waals surface area contributed by atoms with Crippen molar-refractivity contribution in [2.45, 2.75) is 6.54 Å². The average molecular weight is 331 g/mol. The topological polar surface area (TPSA) is 55.4 Å². The van der Waals surface area contributed by atoms with E-state index in [1.165, 1.54) is 11.3 Å². The molecule has 0 unspecified atom stereocenters. The molecule has 4 rings (SSSR count). The molecule has 0 aliphatic heterocycles. The molecule has 0 N–H and O–H groups in total. The minimum atomic E-state index is 0.0100. The molecule has 8 heteroatoms. The van der Waals surface area contributed by atoms with Crippen molar-refractivity contribution in [1.29, 1.82) is 0 Å². The number of thiazole rings is 1. The zero-order valence-corrected chi connectivity index (χ0v) is 13.7. The molecule has 0 saturated heterocycles. The van der Waals surface area contributed by atoms with Crippen LogP contribution in [0.5, 0.6) is 0 Å². The minimum absolute atomic E-state index is 0.0100. The number of aromatic nitrogens is 4. The number of hydrogen-bond acceptors (Lipinski definition) is 5. The molecule has 22 heavy (non-hydrogen) atoms. The molecule has 112 valence electrons. The molecule has 4 aromatic heterocycles. The monoisotopic (exact) mass is 331 g/mol. The van der Waals surface area contributed by atoms with Gasteiger partial charge in [-0.2, -0.15) is 5.10 Å². The summed E-state index contributed by atoms with van der Waals surface area (Å²) in [7, 11) is 3.67. The van der Waals surface area contributed by atoms with Gasteiger partial charge in [0.1, 0.15) is 4.83 Å². The van der Waals surface area contributed by atoms with Crippen LogP contribution in [0.4, 0.5) is 0 Å². The van der Waals surface area contributed by atoms with Gasteiger partial charge in [-0.15, -0.1) is 22.7 Å². The molecule has 0 fully saturated rings. The van der Waals surface area contributed by atoms with Gasteiger partial charge in [0.2, 0.25) is 0 Å². The third-order valence-electron chi connectivity index (χ3n) is 3.48. The van der Waals surface area contributed by atoms with Crippen molar-refractivity contribution in [3.05, 3.63) is 40.5 Å². The Hall–Kier alpha value is -2.19. The van der Waals surface area contributed by atoms with Crippen molar-refractivity contribution >= 4 is 43.9 Å². The summed E-state index contributed by atoms with van der Waals surface area (Å²) in [6.07, 6.45) is 5.68. The van der Waals surface area contributed by atoms with Crippen molar-refractivity contribution in [1.82, 2.24) is 24.1 Å². The number of rotatable bonds is 3. The van der Waals surface area contributed by atoms with Gasteiger partial charge in [0.15, 0.2) is 4.96 Å². The van der Waals surface area contributed by atoms with Crippen LogP contribution in [-0.4, -0.2) is 37.0 Å². The Labute approximate surface area is 134 Å². The maximum absolute atomic E-state index is 12.6. The Kier molecular flexibility index (Phi) is 3.02. The van der Waals surface area contributed by atoms with E-state index in [9.17, 15) is 4.79 Å². The Morgan fingerprint density at radius 3 is 3.09 bits per heavy atom. The lowest BCUT2D eigenvalue weighted by molar-refractivity contribution is 0.0790. The molecular formula is C14H13N5OS2. The summed E-state index contributed by atoms with van der Waals surface area (Å²) in [5, 5.41) is 6.12. The van der Waals surface area contributed by atoms with Crippen molar-refractivity contribution in [2.24, 2.45) is 7.05 Å². The molecule has 0 aromatic carbocycles. The van der Waals surface area contributed by atoms with E-state index in [-0.39, 0.29) is 5.91 Å². The number of carbonyl (C=O) groups is 1. The third kappa shape index (κ3) is 2.11. The fourth-order valence-corrected chi connectivity index (χ4v) is 4.24. The van der Waals surface area contributed by atoms with Crippen LogP contribution in [0, 0.1) is 0 Å². The third-order valence-corrected chi connectivity index (χ3v) is 5.24. The molecule has 4 aromatic rings. The average Bonchev–Trinajstić information content (AvgIpc) is 3.19. The van der Waals surface area contributed by atoms with Gasteiger partial charge in [-0.05, 0) is 6.07 Å². The van der Waals surface area contributed by atoms with Crippen molar-refractivity contribution < 1.29 is 4.79 Å². The van der Waals surface area contributed by atoms with Crippen molar-refractivity contribution in [2.75, 3.05) is 7.05 Å². The quantitative estimate of drug-likeness (QED) is 0.580. The number of carbonyl (C=O) groups excluding carboxylic acids is 1. The predicted molar refractivity (Wildman–Crippen MR) is 87.5 cm³/mol. The number of aryl methyl sites for hydroxylation is 1. The molecule has 0 bridgehead atoms. The second-order valence-corrected chi connectivity index (χ2v) is 7.06. The Balaban J connectivity index is 1.62. The second-order valence-electron chi connectivity index (χ2n) is 5.15. The summed E-state index contributed by atoms with van der Waals surface area (Å²) >= 11 is 3.04. The summed E-state index contributed by atoms with van der Waals surface area (Å²) in [4.78, 5) is 21.4. The number of imidazole rings is 1. The Morgan fingerprint density at radius 1 is 1.45 bits per heavy atom. The number of amides is 1. The van der Waals surface area contributed by atoms with E-state index in [1.54, 1.807) is 34.2 Å². The van der Waals surface area contributed by atoms with Gasteiger partial charge in [-0.25, -0.2) is 4.98 Å². The van der Waals surface area contributed by atoms with Gasteiger partial charge < -0.3 is 4.90 Å². The van der Waals surface area contributed by atoms with Crippen LogP contribution in [-0.2, 0) is 13.6 Å². The standard InChI is InChI=1S/C14H13N5OS2/c1-17(7-9-6-15-18(2)8-9)13(20)11-5-10-12(22-11)16-14-19(10)3-4-21-14/h3-6,8H,7H2,1-2H3. The van der Waals surface area contributed by atoms with Crippen LogP contribution in [0.3, 0.4) is 0 Å². The minimum Gasteiger partial charge on any atom is -0.337 e. The summed E-state index contributed by atoms with van der Waals surface area (Å²) in [5.74, 6) is 0.0100. The normalized spacial score (nSPS) is 11.5. The number of thiophene rings is 1. The zero-order chi connectivity index (χ0) is 15.3. The first-order valence-corrected chi connectivity index (χ1v) is 8.39. The van der Waals surface area contributed by atoms with Crippen LogP contribution in [0.2, 0.25) is 0 Å². The van der Waals surface area contributed by atoms with E-state index in [2.05, 4.69) is 10.1 Å². The first-order valence-electron chi connectivity index (χ1n) is 6.70. The second kappa shape index (κ2) is 4.92. The SMILES string of the molecule is CN(Cc1cnn(C)c1)C(=O)c1cc2c(nc3sccn32)s1. The number of hydrogen-bond donors (Lipinski definition) is 0. The Bertz CT molecular complexity index is 976. The van der Waals surface area contributed by atoms with Crippen LogP contribution < -0.4 is 0 Å². The Morgan fingerprint density at radius 2 is 2.32 bits per heavy atom. The van der Waals surface area contributed by atoms with Gasteiger partial charge in [0.05, 0.1) is 16.6 Å². The van der Waals surface area contributed by atoms with Crippen molar-refractivity contribution in [3.8, 4) is 0 Å². The smallest absolute Gasteiger partial charge is 0.264 e. The van der Waals surface area contributed by atoms with Crippen LogP contribution in [0.25, 0.3) is 15.3 Å². The first-order chi connectivity index (χ1) is 10.6. The highest BCUT2D eigenvalue weighted by Gasteiger charge is 2.18. The lowest BCUT2D eigenvalue weighted by atomic mass is 10.3. The van der Waals surface area contributed by atoms with E-state index in [4.69, 9.17) is 0 Å². The maximum Gasteiger partial charge on any atom is 0.264 e. The predicted octanol–water partition coefficient (Wildman–Crippen LogP) is 2.62. The summed E-state index contributed by atoms with van der Waals surface area (Å²) in [6, 6.07) is 1.93. The number of fused-ring (bicyclic) bond motifs is 3. The van der Waals surface area contributed by atoms with E-state index in [0.717, 1.165) is 20.9 Å². The molecule has 0 radical (unpaired) electrons. The summed E-state index contributed by atoms with van der Waals surface area (Å²) in [5.41, 5.74) is 2.01. The molecule has 0 saturated carbocycles.